The second kappa shape index (κ2) is 4.90. The van der Waals surface area contributed by atoms with Gasteiger partial charge >= 0.3 is 0 Å². The zero-order valence-corrected chi connectivity index (χ0v) is 9.37. The molecule has 4 nitrogen and oxygen atoms in total. The van der Waals surface area contributed by atoms with Crippen LogP contribution in [0.3, 0.4) is 0 Å². The van der Waals surface area contributed by atoms with Crippen molar-refractivity contribution in [1.82, 2.24) is 14.8 Å². The van der Waals surface area contributed by atoms with Crippen LogP contribution < -0.4 is 5.73 Å². The second-order valence-corrected chi connectivity index (χ2v) is 3.91. The van der Waals surface area contributed by atoms with Crippen LogP contribution in [0.1, 0.15) is 23.9 Å². The van der Waals surface area contributed by atoms with Crippen LogP contribution in [0.5, 0.6) is 0 Å². The molecule has 0 fully saturated rings. The topological polar surface area (TPSA) is 56.7 Å². The van der Waals surface area contributed by atoms with Crippen molar-refractivity contribution in [3.8, 4) is 0 Å². The van der Waals surface area contributed by atoms with Gasteiger partial charge in [0.2, 0.25) is 0 Å². The van der Waals surface area contributed by atoms with Gasteiger partial charge in [0.25, 0.3) is 0 Å². The zero-order chi connectivity index (χ0) is 11.4. The summed E-state index contributed by atoms with van der Waals surface area (Å²) in [6.07, 6.45) is 3.45. The molecule has 2 rings (SSSR count). The minimum atomic E-state index is 0.0675. The van der Waals surface area contributed by atoms with Crippen LogP contribution in [0.4, 0.5) is 0 Å². The monoisotopic (exact) mass is 216 g/mol. The van der Waals surface area contributed by atoms with Gasteiger partial charge in [-0.1, -0.05) is 30.3 Å². The van der Waals surface area contributed by atoms with E-state index in [1.807, 2.05) is 29.8 Å². The lowest BCUT2D eigenvalue weighted by atomic mass is 10.0. The van der Waals surface area contributed by atoms with Crippen molar-refractivity contribution in [1.29, 1.82) is 0 Å². The van der Waals surface area contributed by atoms with E-state index in [9.17, 15) is 0 Å². The summed E-state index contributed by atoms with van der Waals surface area (Å²) in [5.41, 5.74) is 7.28. The van der Waals surface area contributed by atoms with Gasteiger partial charge in [-0.05, 0) is 12.0 Å². The predicted molar refractivity (Wildman–Crippen MR) is 62.7 cm³/mol. The maximum absolute atomic E-state index is 6.10. The lowest BCUT2D eigenvalue weighted by molar-refractivity contribution is 0.619. The van der Waals surface area contributed by atoms with Crippen LogP contribution in [-0.4, -0.2) is 14.8 Å². The Balaban J connectivity index is 1.94. The molecule has 84 valence electrons. The molecular weight excluding hydrogens is 200 g/mol. The minimum absolute atomic E-state index is 0.0675. The van der Waals surface area contributed by atoms with Crippen molar-refractivity contribution in [2.24, 2.45) is 12.8 Å². The molecule has 0 amide bonds. The van der Waals surface area contributed by atoms with Crippen molar-refractivity contribution >= 4 is 0 Å². The van der Waals surface area contributed by atoms with Gasteiger partial charge in [-0.2, -0.15) is 0 Å². The van der Waals surface area contributed by atoms with Crippen LogP contribution in [0, 0.1) is 0 Å². The Kier molecular flexibility index (Phi) is 3.31. The average molecular weight is 216 g/mol. The number of nitrogens with zero attached hydrogens (tertiary/aromatic N) is 3. The van der Waals surface area contributed by atoms with Crippen molar-refractivity contribution in [2.75, 3.05) is 0 Å². The Morgan fingerprint density at radius 3 is 2.69 bits per heavy atom. The molecule has 1 unspecified atom stereocenters. The van der Waals surface area contributed by atoms with Crippen LogP contribution in [0.25, 0.3) is 0 Å². The molecule has 0 spiro atoms. The van der Waals surface area contributed by atoms with Crippen molar-refractivity contribution in [3.05, 3.63) is 48.0 Å². The summed E-state index contributed by atoms with van der Waals surface area (Å²) in [6, 6.07) is 10.2. The van der Waals surface area contributed by atoms with Crippen LogP contribution in [0.15, 0.2) is 36.7 Å². The molecule has 0 aliphatic carbocycles. The highest BCUT2D eigenvalue weighted by Crippen LogP contribution is 2.15. The first-order valence-corrected chi connectivity index (χ1v) is 5.41. The quantitative estimate of drug-likeness (QED) is 0.841. The first-order valence-electron chi connectivity index (χ1n) is 5.41. The van der Waals surface area contributed by atoms with Gasteiger partial charge in [-0.15, -0.1) is 10.2 Å². The van der Waals surface area contributed by atoms with Crippen LogP contribution in [0.2, 0.25) is 0 Å². The molecule has 0 radical (unpaired) electrons. The molecule has 1 atom stereocenters. The number of rotatable bonds is 4. The largest absolute Gasteiger partial charge is 0.324 e. The van der Waals surface area contributed by atoms with Gasteiger partial charge in [0, 0.05) is 19.5 Å². The Morgan fingerprint density at radius 2 is 2.06 bits per heavy atom. The molecule has 0 bridgehead atoms. The maximum atomic E-state index is 6.10. The predicted octanol–water partition coefficient (Wildman–Crippen LogP) is 1.45. The number of nitrogens with two attached hydrogens (primary N) is 1. The van der Waals surface area contributed by atoms with Crippen molar-refractivity contribution < 1.29 is 0 Å². The molecule has 1 aromatic carbocycles. The molecule has 4 heteroatoms. The molecule has 0 aliphatic rings. The fraction of sp³-hybridized carbons (Fsp3) is 0.333. The molecule has 0 saturated heterocycles. The third kappa shape index (κ3) is 2.46. The summed E-state index contributed by atoms with van der Waals surface area (Å²) in [5.74, 6) is 0.978. The third-order valence-electron chi connectivity index (χ3n) is 2.71. The summed E-state index contributed by atoms with van der Waals surface area (Å²) in [6.45, 7) is 0. The van der Waals surface area contributed by atoms with Crippen molar-refractivity contribution in [3.63, 3.8) is 0 Å². The Labute approximate surface area is 95.1 Å². The minimum Gasteiger partial charge on any atom is -0.324 e. The Hall–Kier alpha value is -1.68. The molecule has 2 aromatic rings. The summed E-state index contributed by atoms with van der Waals surface area (Å²) in [4.78, 5) is 0. The van der Waals surface area contributed by atoms with Crippen molar-refractivity contribution in [2.45, 2.75) is 18.9 Å². The summed E-state index contributed by atoms with van der Waals surface area (Å²) < 4.78 is 1.93. The van der Waals surface area contributed by atoms with Gasteiger partial charge < -0.3 is 10.3 Å². The van der Waals surface area contributed by atoms with Gasteiger partial charge in [0.1, 0.15) is 12.2 Å². The highest BCUT2D eigenvalue weighted by Gasteiger charge is 2.07. The smallest absolute Gasteiger partial charge is 0.132 e. The van der Waals surface area contributed by atoms with Gasteiger partial charge in [0.15, 0.2) is 0 Å². The molecular formula is C12H16N4. The normalized spacial score (nSPS) is 12.6. The molecule has 1 heterocycles. The van der Waals surface area contributed by atoms with Gasteiger partial charge in [-0.25, -0.2) is 0 Å². The fourth-order valence-corrected chi connectivity index (χ4v) is 1.68. The number of hydrogen-bond acceptors (Lipinski definition) is 3. The summed E-state index contributed by atoms with van der Waals surface area (Å²) in [7, 11) is 1.95. The zero-order valence-electron chi connectivity index (χ0n) is 9.37. The highest BCUT2D eigenvalue weighted by molar-refractivity contribution is 5.18. The van der Waals surface area contributed by atoms with E-state index in [1.165, 1.54) is 5.56 Å². The summed E-state index contributed by atoms with van der Waals surface area (Å²) >= 11 is 0. The van der Waals surface area contributed by atoms with E-state index in [4.69, 9.17) is 5.73 Å². The standard InChI is InChI=1S/C12H16N4/c1-16-9-14-15-12(16)8-7-11(13)10-5-3-2-4-6-10/h2-6,9,11H,7-8,13H2,1H3. The molecule has 1 aromatic heterocycles. The molecule has 0 saturated carbocycles. The Bertz CT molecular complexity index is 435. The van der Waals surface area contributed by atoms with Gasteiger partial charge in [0.05, 0.1) is 0 Å². The van der Waals surface area contributed by atoms with E-state index in [2.05, 4.69) is 22.3 Å². The van der Waals surface area contributed by atoms with E-state index >= 15 is 0 Å². The van der Waals surface area contributed by atoms with E-state index < -0.39 is 0 Å². The van der Waals surface area contributed by atoms with E-state index in [0.717, 1.165) is 18.7 Å². The highest BCUT2D eigenvalue weighted by atomic mass is 15.2. The van der Waals surface area contributed by atoms with E-state index in [-0.39, 0.29) is 6.04 Å². The number of aromatic nitrogens is 3. The lowest BCUT2D eigenvalue weighted by Crippen LogP contribution is -2.12. The number of aryl methyl sites for hydroxylation is 2. The average Bonchev–Trinajstić information content (AvgIpc) is 2.73. The first-order chi connectivity index (χ1) is 7.77. The summed E-state index contributed by atoms with van der Waals surface area (Å²) in [5, 5.41) is 7.88. The molecule has 2 N–H and O–H groups in total. The Morgan fingerprint density at radius 1 is 1.31 bits per heavy atom. The first kappa shape index (κ1) is 10.8. The van der Waals surface area contributed by atoms with E-state index in [0.29, 0.717) is 0 Å². The lowest BCUT2D eigenvalue weighted by Gasteiger charge is -2.11. The van der Waals surface area contributed by atoms with E-state index in [1.54, 1.807) is 6.33 Å². The number of benzene rings is 1. The molecule has 0 aliphatic heterocycles. The van der Waals surface area contributed by atoms with Gasteiger partial charge in [-0.3, -0.25) is 0 Å². The van der Waals surface area contributed by atoms with Crippen LogP contribution in [-0.2, 0) is 13.5 Å². The second-order valence-electron chi connectivity index (χ2n) is 3.91. The van der Waals surface area contributed by atoms with Crippen LogP contribution >= 0.6 is 0 Å². The molecule has 16 heavy (non-hydrogen) atoms. The number of hydrogen-bond donors (Lipinski definition) is 1. The fourth-order valence-electron chi connectivity index (χ4n) is 1.68. The maximum Gasteiger partial charge on any atom is 0.132 e. The third-order valence-corrected chi connectivity index (χ3v) is 2.71. The SMILES string of the molecule is Cn1cnnc1CCC(N)c1ccccc1.